The number of nitrogens with one attached hydrogen (secondary N) is 1. The maximum atomic E-state index is 12.5. The molecule has 0 bridgehead atoms. The molecule has 1 aromatic rings. The summed E-state index contributed by atoms with van der Waals surface area (Å²) in [6.45, 7) is 0. The highest BCUT2D eigenvalue weighted by molar-refractivity contribution is 5.26. The van der Waals surface area contributed by atoms with Crippen molar-refractivity contribution in [2.24, 2.45) is 5.92 Å². The lowest BCUT2D eigenvalue weighted by atomic mass is 9.93. The molecule has 1 aliphatic rings. The fourth-order valence-electron chi connectivity index (χ4n) is 2.90. The van der Waals surface area contributed by atoms with Crippen LogP contribution in [0.15, 0.2) is 24.3 Å². The summed E-state index contributed by atoms with van der Waals surface area (Å²) in [6, 6.07) is 5.70. The molecule has 2 rings (SSSR count). The van der Waals surface area contributed by atoms with Gasteiger partial charge in [-0.1, -0.05) is 37.8 Å². The third-order valence-corrected chi connectivity index (χ3v) is 4.03. The predicted octanol–water partition coefficient (Wildman–Crippen LogP) is 4.55. The normalized spacial score (nSPS) is 18.7. The van der Waals surface area contributed by atoms with Crippen LogP contribution in [0.1, 0.15) is 49.3 Å². The van der Waals surface area contributed by atoms with Gasteiger partial charge in [-0.15, -0.1) is 0 Å². The first-order valence-corrected chi connectivity index (χ1v) is 6.85. The largest absolute Gasteiger partial charge is 0.416 e. The van der Waals surface area contributed by atoms with E-state index in [9.17, 15) is 13.2 Å². The molecule has 1 N–H and O–H groups in total. The second-order valence-electron chi connectivity index (χ2n) is 5.35. The Bertz CT molecular complexity index is 391. The predicted molar refractivity (Wildman–Crippen MR) is 69.8 cm³/mol. The molecule has 19 heavy (non-hydrogen) atoms. The summed E-state index contributed by atoms with van der Waals surface area (Å²) in [5.41, 5.74) is 0.370. The zero-order chi connectivity index (χ0) is 13.9. The smallest absolute Gasteiger partial charge is 0.313 e. The lowest BCUT2D eigenvalue weighted by Crippen LogP contribution is -2.19. The Morgan fingerprint density at radius 1 is 1.16 bits per heavy atom. The third-order valence-electron chi connectivity index (χ3n) is 4.03. The van der Waals surface area contributed by atoms with Crippen LogP contribution in [0.2, 0.25) is 0 Å². The zero-order valence-corrected chi connectivity index (χ0v) is 11.1. The Balaban J connectivity index is 2.05. The quantitative estimate of drug-likeness (QED) is 0.847. The molecule has 1 saturated carbocycles. The summed E-state index contributed by atoms with van der Waals surface area (Å²) in [7, 11) is 1.87. The second-order valence-corrected chi connectivity index (χ2v) is 5.35. The van der Waals surface area contributed by atoms with Crippen LogP contribution < -0.4 is 5.32 Å². The van der Waals surface area contributed by atoms with Crippen LogP contribution in [-0.4, -0.2) is 7.05 Å². The second kappa shape index (κ2) is 5.95. The molecule has 4 heteroatoms. The minimum atomic E-state index is -4.25. The molecular weight excluding hydrogens is 251 g/mol. The van der Waals surface area contributed by atoms with Crippen molar-refractivity contribution in [3.05, 3.63) is 35.4 Å². The maximum absolute atomic E-state index is 12.5. The van der Waals surface area contributed by atoms with Crippen LogP contribution in [0, 0.1) is 5.92 Å². The van der Waals surface area contributed by atoms with Gasteiger partial charge < -0.3 is 5.32 Å². The van der Waals surface area contributed by atoms with Crippen molar-refractivity contribution in [3.63, 3.8) is 0 Å². The number of alkyl halides is 3. The summed E-state index contributed by atoms with van der Waals surface area (Å²) < 4.78 is 37.5. The van der Waals surface area contributed by atoms with Crippen LogP contribution in [0.5, 0.6) is 0 Å². The molecule has 106 valence electrons. The maximum Gasteiger partial charge on any atom is 0.416 e. The lowest BCUT2D eigenvalue weighted by molar-refractivity contribution is -0.137. The summed E-state index contributed by atoms with van der Waals surface area (Å²) in [6.07, 6.45) is 1.83. The van der Waals surface area contributed by atoms with Gasteiger partial charge in [-0.05, 0) is 37.1 Å². The number of benzene rings is 1. The van der Waals surface area contributed by atoms with E-state index in [1.54, 1.807) is 12.1 Å². The van der Waals surface area contributed by atoms with Crippen molar-refractivity contribution in [2.45, 2.75) is 44.3 Å². The summed E-state index contributed by atoms with van der Waals surface area (Å²) in [4.78, 5) is 0. The van der Waals surface area contributed by atoms with Crippen molar-refractivity contribution in [1.82, 2.24) is 5.32 Å². The monoisotopic (exact) mass is 271 g/mol. The van der Waals surface area contributed by atoms with E-state index >= 15 is 0 Å². The Morgan fingerprint density at radius 3 is 2.21 bits per heavy atom. The van der Waals surface area contributed by atoms with Gasteiger partial charge in [0, 0.05) is 6.04 Å². The highest BCUT2D eigenvalue weighted by Crippen LogP contribution is 2.34. The molecule has 0 amide bonds. The van der Waals surface area contributed by atoms with Gasteiger partial charge in [0.1, 0.15) is 0 Å². The molecule has 1 aliphatic carbocycles. The van der Waals surface area contributed by atoms with E-state index in [4.69, 9.17) is 0 Å². The minimum absolute atomic E-state index is 0.158. The minimum Gasteiger partial charge on any atom is -0.313 e. The third kappa shape index (κ3) is 3.72. The van der Waals surface area contributed by atoms with Gasteiger partial charge >= 0.3 is 6.18 Å². The van der Waals surface area contributed by atoms with Crippen molar-refractivity contribution in [2.75, 3.05) is 7.05 Å². The molecule has 1 nitrogen and oxygen atoms in total. The number of hydrogen-bond acceptors (Lipinski definition) is 1. The van der Waals surface area contributed by atoms with Crippen LogP contribution in [0.25, 0.3) is 0 Å². The number of halogens is 3. The first-order chi connectivity index (χ1) is 9.00. The first-order valence-electron chi connectivity index (χ1n) is 6.85. The van der Waals surface area contributed by atoms with Gasteiger partial charge in [-0.2, -0.15) is 13.2 Å². The molecule has 1 fully saturated rings. The Labute approximate surface area is 112 Å². The van der Waals surface area contributed by atoms with Gasteiger partial charge in [-0.3, -0.25) is 0 Å². The molecule has 1 aromatic carbocycles. The van der Waals surface area contributed by atoms with Crippen LogP contribution in [0.4, 0.5) is 13.2 Å². The van der Waals surface area contributed by atoms with Crippen molar-refractivity contribution < 1.29 is 13.2 Å². The molecular formula is C15H20F3N. The van der Waals surface area contributed by atoms with E-state index in [1.807, 2.05) is 7.05 Å². The lowest BCUT2D eigenvalue weighted by Gasteiger charge is -2.21. The van der Waals surface area contributed by atoms with Crippen molar-refractivity contribution in [3.8, 4) is 0 Å². The van der Waals surface area contributed by atoms with E-state index in [1.165, 1.54) is 37.8 Å². The first kappa shape index (κ1) is 14.4. The molecule has 0 saturated heterocycles. The van der Waals surface area contributed by atoms with Gasteiger partial charge in [0.05, 0.1) is 5.56 Å². The highest BCUT2D eigenvalue weighted by atomic mass is 19.4. The van der Waals surface area contributed by atoms with Crippen LogP contribution in [0.3, 0.4) is 0 Å². The Kier molecular flexibility index (Phi) is 4.50. The number of rotatable bonds is 4. The van der Waals surface area contributed by atoms with E-state index < -0.39 is 11.7 Å². The van der Waals surface area contributed by atoms with Gasteiger partial charge in [-0.25, -0.2) is 0 Å². The van der Waals surface area contributed by atoms with E-state index in [2.05, 4.69) is 5.32 Å². The summed E-state index contributed by atoms with van der Waals surface area (Å²) in [5, 5.41) is 3.22. The molecule has 0 aliphatic heterocycles. The fraction of sp³-hybridized carbons (Fsp3) is 0.600. The van der Waals surface area contributed by atoms with E-state index in [0.717, 1.165) is 12.0 Å². The molecule has 0 spiro atoms. The van der Waals surface area contributed by atoms with Gasteiger partial charge in [0.2, 0.25) is 0 Å². The molecule has 0 aromatic heterocycles. The standard InChI is InChI=1S/C15H20F3N/c1-19-14(10-11-4-2-3-5-11)12-6-8-13(9-7-12)15(16,17)18/h6-9,11,14,19H,2-5,10H2,1H3. The fourth-order valence-corrected chi connectivity index (χ4v) is 2.90. The van der Waals surface area contributed by atoms with Crippen molar-refractivity contribution in [1.29, 1.82) is 0 Å². The zero-order valence-electron chi connectivity index (χ0n) is 11.1. The molecule has 0 radical (unpaired) electrons. The average molecular weight is 271 g/mol. The topological polar surface area (TPSA) is 12.0 Å². The molecule has 1 atom stereocenters. The van der Waals surface area contributed by atoms with Gasteiger partial charge in [0.15, 0.2) is 0 Å². The Hall–Kier alpha value is -1.03. The highest BCUT2D eigenvalue weighted by Gasteiger charge is 2.30. The molecule has 1 unspecified atom stereocenters. The van der Waals surface area contributed by atoms with Crippen molar-refractivity contribution >= 4 is 0 Å². The SMILES string of the molecule is CNC(CC1CCCC1)c1ccc(C(F)(F)F)cc1. The van der Waals surface area contributed by atoms with Gasteiger partial charge in [0.25, 0.3) is 0 Å². The summed E-state index contributed by atoms with van der Waals surface area (Å²) in [5.74, 6) is 0.708. The van der Waals surface area contributed by atoms with E-state index in [0.29, 0.717) is 5.92 Å². The molecule has 0 heterocycles. The van der Waals surface area contributed by atoms with E-state index in [-0.39, 0.29) is 6.04 Å². The van der Waals surface area contributed by atoms with Crippen LogP contribution >= 0.6 is 0 Å². The number of hydrogen-bond donors (Lipinski definition) is 1. The van der Waals surface area contributed by atoms with Crippen LogP contribution in [-0.2, 0) is 6.18 Å². The summed E-state index contributed by atoms with van der Waals surface area (Å²) >= 11 is 0. The average Bonchev–Trinajstić information content (AvgIpc) is 2.88. The Morgan fingerprint density at radius 2 is 1.74 bits per heavy atom.